The SMILES string of the molecule is COc1ccc(/C=C(/C#N)c2cc(OC)c(OC)c(OC)c2)cc1N.NC(=O)[C@@H](N)Cc1c[nH]c2ccccc12. The molecule has 0 aliphatic carbocycles. The first kappa shape index (κ1) is 29.4. The van der Waals surface area contributed by atoms with Gasteiger partial charge in [-0.3, -0.25) is 4.79 Å². The molecule has 1 heterocycles. The number of methoxy groups -OCH3 is 4. The maximum Gasteiger partial charge on any atom is 0.234 e. The Morgan fingerprint density at radius 2 is 1.62 bits per heavy atom. The molecule has 1 amide bonds. The maximum atomic E-state index is 10.8. The predicted molar refractivity (Wildman–Crippen MR) is 156 cm³/mol. The van der Waals surface area contributed by atoms with E-state index in [0.717, 1.165) is 22.0 Å². The number of H-pyrrole nitrogens is 1. The second kappa shape index (κ2) is 13.6. The number of para-hydroxylation sites is 1. The minimum Gasteiger partial charge on any atom is -0.495 e. The van der Waals surface area contributed by atoms with Crippen molar-refractivity contribution >= 4 is 34.1 Å². The van der Waals surface area contributed by atoms with Crippen molar-refractivity contribution in [1.82, 2.24) is 4.98 Å². The lowest BCUT2D eigenvalue weighted by Crippen LogP contribution is -2.38. The second-order valence-corrected chi connectivity index (χ2v) is 8.66. The number of hydrogen-bond donors (Lipinski definition) is 4. The van der Waals surface area contributed by atoms with Crippen molar-refractivity contribution < 1.29 is 23.7 Å². The number of nitrogens with two attached hydrogens (primary N) is 3. The van der Waals surface area contributed by atoms with Gasteiger partial charge in [0.2, 0.25) is 11.7 Å². The lowest BCUT2D eigenvalue weighted by Gasteiger charge is -2.14. The molecular weight excluding hydrogens is 510 g/mol. The summed E-state index contributed by atoms with van der Waals surface area (Å²) in [6, 6.07) is 18.2. The van der Waals surface area contributed by atoms with Crippen LogP contribution in [0.4, 0.5) is 5.69 Å². The van der Waals surface area contributed by atoms with E-state index in [9.17, 15) is 10.1 Å². The minimum atomic E-state index is -0.621. The van der Waals surface area contributed by atoms with E-state index in [0.29, 0.717) is 46.2 Å². The molecule has 1 aromatic heterocycles. The Balaban J connectivity index is 0.000000249. The molecule has 0 unspecified atom stereocenters. The van der Waals surface area contributed by atoms with Gasteiger partial charge in [-0.1, -0.05) is 24.3 Å². The van der Waals surface area contributed by atoms with Gasteiger partial charge >= 0.3 is 0 Å². The number of fused-ring (bicyclic) bond motifs is 1. The first-order valence-corrected chi connectivity index (χ1v) is 12.2. The van der Waals surface area contributed by atoms with Gasteiger partial charge in [0, 0.05) is 17.1 Å². The Bertz CT molecular complexity index is 1530. The number of benzene rings is 3. The first-order valence-electron chi connectivity index (χ1n) is 12.2. The number of nitrogen functional groups attached to an aromatic ring is 1. The number of nitrogens with one attached hydrogen (secondary N) is 1. The number of nitrogens with zero attached hydrogens (tertiary/aromatic N) is 1. The fraction of sp³-hybridized carbons (Fsp3) is 0.200. The highest BCUT2D eigenvalue weighted by Crippen LogP contribution is 2.40. The average molecular weight is 544 g/mol. The van der Waals surface area contributed by atoms with E-state index in [2.05, 4.69) is 11.1 Å². The fourth-order valence-electron chi connectivity index (χ4n) is 4.06. The molecule has 1 atom stereocenters. The Kier molecular flexibility index (Phi) is 10.00. The summed E-state index contributed by atoms with van der Waals surface area (Å²) in [6.07, 6.45) is 4.07. The molecular formula is C30H33N5O5. The quantitative estimate of drug-likeness (QED) is 0.140. The minimum absolute atomic E-state index is 0.434. The van der Waals surface area contributed by atoms with Gasteiger partial charge in [0.15, 0.2) is 11.5 Å². The van der Waals surface area contributed by atoms with Gasteiger partial charge in [0.05, 0.1) is 51.8 Å². The van der Waals surface area contributed by atoms with Crippen molar-refractivity contribution in [2.24, 2.45) is 11.5 Å². The Morgan fingerprint density at radius 3 is 2.17 bits per heavy atom. The van der Waals surface area contributed by atoms with Crippen LogP contribution in [0.15, 0.2) is 60.8 Å². The number of carbonyl (C=O) groups excluding carboxylic acids is 1. The van der Waals surface area contributed by atoms with Gasteiger partial charge in [0.1, 0.15) is 5.75 Å². The number of rotatable bonds is 9. The van der Waals surface area contributed by atoms with E-state index < -0.39 is 11.9 Å². The molecule has 40 heavy (non-hydrogen) atoms. The Hall–Kier alpha value is -5.14. The van der Waals surface area contributed by atoms with Gasteiger partial charge in [0.25, 0.3) is 0 Å². The number of aromatic amines is 1. The van der Waals surface area contributed by atoms with Crippen molar-refractivity contribution in [3.05, 3.63) is 77.5 Å². The van der Waals surface area contributed by atoms with Crippen molar-refractivity contribution in [2.75, 3.05) is 34.2 Å². The standard InChI is InChI=1S/C19H20N2O4.C11H13N3O/c1-22-16-6-5-12(8-15(16)21)7-14(11-20)13-9-17(23-2)19(25-4)18(10-13)24-3;12-9(11(13)15)5-7-6-14-10-4-2-1-3-8(7)10/h5-10H,21H2,1-4H3;1-4,6,9,14H,5,12H2,(H2,13,15)/b14-7-;/t;9-/m.0/s1. The smallest absolute Gasteiger partial charge is 0.234 e. The van der Waals surface area contributed by atoms with Crippen LogP contribution in [0.3, 0.4) is 0 Å². The molecule has 4 rings (SSSR count). The predicted octanol–water partition coefficient (Wildman–Crippen LogP) is 3.89. The molecule has 0 bridgehead atoms. The largest absolute Gasteiger partial charge is 0.495 e. The van der Waals surface area contributed by atoms with Crippen LogP contribution in [0.25, 0.3) is 22.6 Å². The number of carbonyl (C=O) groups is 1. The number of primary amides is 1. The third-order valence-electron chi connectivity index (χ3n) is 6.14. The van der Waals surface area contributed by atoms with Crippen molar-refractivity contribution in [2.45, 2.75) is 12.5 Å². The van der Waals surface area contributed by atoms with Crippen LogP contribution in [0.1, 0.15) is 16.7 Å². The number of amides is 1. The zero-order chi connectivity index (χ0) is 29.2. The molecule has 0 saturated heterocycles. The summed E-state index contributed by atoms with van der Waals surface area (Å²) in [4.78, 5) is 14.0. The van der Waals surface area contributed by atoms with Crippen LogP contribution in [-0.2, 0) is 11.2 Å². The summed E-state index contributed by atoms with van der Waals surface area (Å²) in [5, 5.41) is 10.7. The van der Waals surface area contributed by atoms with Crippen LogP contribution in [0, 0.1) is 11.3 Å². The van der Waals surface area contributed by atoms with Gasteiger partial charge < -0.3 is 41.1 Å². The zero-order valence-electron chi connectivity index (χ0n) is 22.9. The molecule has 10 heteroatoms. The van der Waals surface area contributed by atoms with Crippen LogP contribution in [0.5, 0.6) is 23.0 Å². The molecule has 10 nitrogen and oxygen atoms in total. The van der Waals surface area contributed by atoms with Gasteiger partial charge in [-0.25, -0.2) is 0 Å². The van der Waals surface area contributed by atoms with Gasteiger partial charge in [-0.05, 0) is 59.5 Å². The van der Waals surface area contributed by atoms with E-state index in [4.69, 9.17) is 36.1 Å². The number of anilines is 1. The molecule has 3 aromatic carbocycles. The molecule has 7 N–H and O–H groups in total. The molecule has 0 aliphatic heterocycles. The van der Waals surface area contributed by atoms with Crippen LogP contribution in [-0.4, -0.2) is 45.4 Å². The number of aromatic nitrogens is 1. The monoisotopic (exact) mass is 543 g/mol. The first-order chi connectivity index (χ1) is 19.3. The van der Waals surface area contributed by atoms with Crippen molar-refractivity contribution in [1.29, 1.82) is 5.26 Å². The van der Waals surface area contributed by atoms with Crippen molar-refractivity contribution in [3.8, 4) is 29.1 Å². The van der Waals surface area contributed by atoms with Crippen LogP contribution < -0.4 is 36.1 Å². The van der Waals surface area contributed by atoms with Crippen molar-refractivity contribution in [3.63, 3.8) is 0 Å². The highest BCUT2D eigenvalue weighted by Gasteiger charge is 2.16. The topological polar surface area (TPSA) is 172 Å². The van der Waals surface area contributed by atoms with Gasteiger partial charge in [-0.15, -0.1) is 0 Å². The average Bonchev–Trinajstić information content (AvgIpc) is 3.38. The number of nitriles is 1. The summed E-state index contributed by atoms with van der Waals surface area (Å²) >= 11 is 0. The third-order valence-corrected chi connectivity index (χ3v) is 6.14. The molecule has 0 fully saturated rings. The molecule has 4 aromatic rings. The number of hydrogen-bond acceptors (Lipinski definition) is 8. The second-order valence-electron chi connectivity index (χ2n) is 8.66. The van der Waals surface area contributed by atoms with E-state index >= 15 is 0 Å². The van der Waals surface area contributed by atoms with Gasteiger partial charge in [-0.2, -0.15) is 5.26 Å². The summed E-state index contributed by atoms with van der Waals surface area (Å²) < 4.78 is 21.1. The normalized spacial score (nSPS) is 11.6. The van der Waals surface area contributed by atoms with Crippen LogP contribution in [0.2, 0.25) is 0 Å². The molecule has 0 aliphatic rings. The summed E-state index contributed by atoms with van der Waals surface area (Å²) in [7, 11) is 6.14. The molecule has 0 radical (unpaired) electrons. The zero-order valence-corrected chi connectivity index (χ0v) is 22.9. The summed E-state index contributed by atoms with van der Waals surface area (Å²) in [5.74, 6) is 1.54. The maximum absolute atomic E-state index is 10.8. The van der Waals surface area contributed by atoms with E-state index in [1.807, 2.05) is 36.5 Å². The lowest BCUT2D eigenvalue weighted by molar-refractivity contribution is -0.119. The highest BCUT2D eigenvalue weighted by molar-refractivity contribution is 5.91. The summed E-state index contributed by atoms with van der Waals surface area (Å²) in [6.45, 7) is 0. The van der Waals surface area contributed by atoms with E-state index in [-0.39, 0.29) is 0 Å². The summed E-state index contributed by atoms with van der Waals surface area (Å²) in [5.41, 5.74) is 21.1. The third kappa shape index (κ3) is 6.83. The van der Waals surface area contributed by atoms with E-state index in [1.165, 1.54) is 21.3 Å². The molecule has 0 spiro atoms. The Morgan fingerprint density at radius 1 is 0.975 bits per heavy atom. The fourth-order valence-corrected chi connectivity index (χ4v) is 4.06. The molecule has 0 saturated carbocycles. The van der Waals surface area contributed by atoms with Crippen LogP contribution >= 0.6 is 0 Å². The van der Waals surface area contributed by atoms with E-state index in [1.54, 1.807) is 37.5 Å². The lowest BCUT2D eigenvalue weighted by atomic mass is 10.0. The number of ether oxygens (including phenoxy) is 4. The molecule has 208 valence electrons. The number of allylic oxidation sites excluding steroid dienone is 1. The Labute approximate surface area is 232 Å². The highest BCUT2D eigenvalue weighted by atomic mass is 16.5.